The van der Waals surface area contributed by atoms with E-state index < -0.39 is 17.7 Å². The Morgan fingerprint density at radius 2 is 1.88 bits per heavy atom. The first-order chi connectivity index (χ1) is 15.9. The summed E-state index contributed by atoms with van der Waals surface area (Å²) in [5.74, 6) is -0.685. The number of rotatable bonds is 7. The number of likely N-dealkylation sites (tertiary alicyclic amines) is 1. The smallest absolute Gasteiger partial charge is 0.296 e. The number of nitrogens with zero attached hydrogens (tertiary/aromatic N) is 1. The average molecular weight is 449 g/mol. The molecule has 1 aliphatic rings. The first-order valence-electron chi connectivity index (χ1n) is 10.4. The van der Waals surface area contributed by atoms with Crippen molar-refractivity contribution in [1.82, 2.24) is 4.90 Å². The van der Waals surface area contributed by atoms with E-state index in [0.717, 1.165) is 0 Å². The maximum atomic E-state index is 13.1. The van der Waals surface area contributed by atoms with Crippen molar-refractivity contribution in [2.75, 3.05) is 13.7 Å². The van der Waals surface area contributed by atoms with Crippen LogP contribution in [0.2, 0.25) is 0 Å². The quantitative estimate of drug-likeness (QED) is 0.319. The molecule has 8 heteroatoms. The molecule has 0 spiro atoms. The third kappa shape index (κ3) is 4.15. The molecule has 0 bridgehead atoms. The minimum absolute atomic E-state index is 0.0203. The molecule has 0 saturated carbocycles. The fraction of sp³-hybridized carbons (Fsp3) is 0.200. The minimum Gasteiger partial charge on any atom is -0.507 e. The number of aliphatic hydroxyl groups is 1. The van der Waals surface area contributed by atoms with E-state index in [2.05, 4.69) is 0 Å². The summed E-state index contributed by atoms with van der Waals surface area (Å²) in [5.41, 5.74) is 0.794. The lowest BCUT2D eigenvalue weighted by Gasteiger charge is -2.25. The Hall–Kier alpha value is -4.20. The molecule has 170 valence electrons. The molecule has 0 aliphatic carbocycles. The Bertz CT molecular complexity index is 1200. The number of phenols is 1. The molecular weight excluding hydrogens is 426 g/mol. The molecule has 1 aliphatic heterocycles. The highest BCUT2D eigenvalue weighted by molar-refractivity contribution is 6.46. The van der Waals surface area contributed by atoms with Crippen molar-refractivity contribution in [3.8, 4) is 17.2 Å². The maximum absolute atomic E-state index is 13.1. The lowest BCUT2D eigenvalue weighted by atomic mass is 9.95. The highest BCUT2D eigenvalue weighted by Gasteiger charge is 2.46. The summed E-state index contributed by atoms with van der Waals surface area (Å²) in [5, 5.41) is 21.2. The lowest BCUT2D eigenvalue weighted by molar-refractivity contribution is -0.140. The van der Waals surface area contributed by atoms with Crippen LogP contribution in [0.1, 0.15) is 29.9 Å². The van der Waals surface area contributed by atoms with E-state index in [1.54, 1.807) is 55.5 Å². The third-order valence-corrected chi connectivity index (χ3v) is 5.41. The number of Topliss-reactive ketones (excluding diaryl/α,β-unsaturated/α-hetero) is 1. The number of carbonyl (C=O) groups is 2. The number of ketones is 1. The Labute approximate surface area is 190 Å². The van der Waals surface area contributed by atoms with Crippen LogP contribution in [-0.2, 0) is 16.1 Å². The van der Waals surface area contributed by atoms with Crippen molar-refractivity contribution in [2.45, 2.75) is 19.5 Å². The zero-order chi connectivity index (χ0) is 23.5. The SMILES string of the molecule is CCOc1cc([C@@H]2/C(=C(\O)c3ccc(OC)cc3)C(=O)C(=O)N2Cc2ccco2)ccc1O. The van der Waals surface area contributed by atoms with Gasteiger partial charge in [-0.1, -0.05) is 6.07 Å². The van der Waals surface area contributed by atoms with E-state index in [0.29, 0.717) is 29.2 Å². The van der Waals surface area contributed by atoms with Gasteiger partial charge in [-0.25, -0.2) is 0 Å². The summed E-state index contributed by atoms with van der Waals surface area (Å²) < 4.78 is 16.0. The van der Waals surface area contributed by atoms with Crippen molar-refractivity contribution < 1.29 is 33.7 Å². The molecule has 2 N–H and O–H groups in total. The van der Waals surface area contributed by atoms with Gasteiger partial charge in [-0.3, -0.25) is 9.59 Å². The summed E-state index contributed by atoms with van der Waals surface area (Å²) in [6, 6.07) is 13.6. The highest BCUT2D eigenvalue weighted by atomic mass is 16.5. The normalized spacial score (nSPS) is 17.4. The van der Waals surface area contributed by atoms with Crippen LogP contribution in [0.25, 0.3) is 5.76 Å². The number of benzene rings is 2. The minimum atomic E-state index is -0.919. The van der Waals surface area contributed by atoms with Gasteiger partial charge in [0, 0.05) is 5.56 Å². The van der Waals surface area contributed by atoms with Gasteiger partial charge in [0.15, 0.2) is 11.5 Å². The zero-order valence-corrected chi connectivity index (χ0v) is 18.1. The average Bonchev–Trinajstić information content (AvgIpc) is 3.43. The second-order valence-corrected chi connectivity index (χ2v) is 7.40. The van der Waals surface area contributed by atoms with Crippen molar-refractivity contribution in [3.63, 3.8) is 0 Å². The Kier molecular flexibility index (Phi) is 6.08. The van der Waals surface area contributed by atoms with Gasteiger partial charge in [0.25, 0.3) is 11.7 Å². The van der Waals surface area contributed by atoms with E-state index in [9.17, 15) is 19.8 Å². The molecule has 1 atom stereocenters. The number of hydrogen-bond donors (Lipinski definition) is 2. The number of furan rings is 1. The zero-order valence-electron chi connectivity index (χ0n) is 18.1. The fourth-order valence-corrected chi connectivity index (χ4v) is 3.84. The van der Waals surface area contributed by atoms with Crippen LogP contribution in [0, 0.1) is 0 Å². The van der Waals surface area contributed by atoms with Crippen molar-refractivity contribution in [2.24, 2.45) is 0 Å². The molecule has 3 aromatic rings. The third-order valence-electron chi connectivity index (χ3n) is 5.41. The number of methoxy groups -OCH3 is 1. The number of hydrogen-bond acceptors (Lipinski definition) is 7. The summed E-state index contributed by atoms with van der Waals surface area (Å²) in [6.07, 6.45) is 1.48. The molecule has 2 heterocycles. The van der Waals surface area contributed by atoms with Gasteiger partial charge in [0.05, 0.1) is 38.1 Å². The van der Waals surface area contributed by atoms with Crippen LogP contribution in [-0.4, -0.2) is 40.5 Å². The number of aliphatic hydroxyl groups excluding tert-OH is 1. The molecule has 1 amide bonds. The van der Waals surface area contributed by atoms with Gasteiger partial charge in [0.1, 0.15) is 17.3 Å². The summed E-state index contributed by atoms with van der Waals surface area (Å²) in [6.45, 7) is 2.11. The summed E-state index contributed by atoms with van der Waals surface area (Å²) in [7, 11) is 1.52. The van der Waals surface area contributed by atoms with Crippen molar-refractivity contribution in [3.05, 3.63) is 83.3 Å². The van der Waals surface area contributed by atoms with Crippen LogP contribution in [0.15, 0.2) is 70.9 Å². The van der Waals surface area contributed by atoms with E-state index in [1.807, 2.05) is 0 Å². The Balaban J connectivity index is 1.87. The summed E-state index contributed by atoms with van der Waals surface area (Å²) in [4.78, 5) is 27.5. The fourth-order valence-electron chi connectivity index (χ4n) is 3.84. The monoisotopic (exact) mass is 449 g/mol. The van der Waals surface area contributed by atoms with Gasteiger partial charge in [0.2, 0.25) is 0 Å². The molecule has 1 aromatic heterocycles. The second kappa shape index (κ2) is 9.12. The number of amides is 1. The van der Waals surface area contributed by atoms with Crippen LogP contribution < -0.4 is 9.47 Å². The predicted molar refractivity (Wildman–Crippen MR) is 119 cm³/mol. The van der Waals surface area contributed by atoms with E-state index >= 15 is 0 Å². The molecule has 33 heavy (non-hydrogen) atoms. The molecule has 2 aromatic carbocycles. The van der Waals surface area contributed by atoms with Gasteiger partial charge in [-0.05, 0) is 61.0 Å². The van der Waals surface area contributed by atoms with Crippen LogP contribution in [0.3, 0.4) is 0 Å². The van der Waals surface area contributed by atoms with E-state index in [4.69, 9.17) is 13.9 Å². The number of aromatic hydroxyl groups is 1. The second-order valence-electron chi connectivity index (χ2n) is 7.40. The standard InChI is InChI=1S/C25H23NO7/c1-3-32-20-13-16(8-11-19(20)27)22-21(23(28)15-6-9-17(31-2)10-7-15)24(29)25(30)26(22)14-18-5-4-12-33-18/h4-13,22,27-28H,3,14H2,1-2H3/b23-21+/t22-/m1/s1. The molecule has 4 rings (SSSR count). The topological polar surface area (TPSA) is 109 Å². The first kappa shape index (κ1) is 22.0. The molecule has 8 nitrogen and oxygen atoms in total. The molecule has 0 radical (unpaired) electrons. The van der Waals surface area contributed by atoms with Crippen LogP contribution in [0.5, 0.6) is 17.2 Å². The van der Waals surface area contributed by atoms with Gasteiger partial charge < -0.3 is 29.0 Å². The van der Waals surface area contributed by atoms with Crippen LogP contribution in [0.4, 0.5) is 0 Å². The largest absolute Gasteiger partial charge is 0.507 e. The molecule has 0 unspecified atom stereocenters. The molecule has 1 saturated heterocycles. The Morgan fingerprint density at radius 1 is 1.12 bits per heavy atom. The summed E-state index contributed by atoms with van der Waals surface area (Å²) >= 11 is 0. The lowest BCUT2D eigenvalue weighted by Crippen LogP contribution is -2.29. The van der Waals surface area contributed by atoms with Gasteiger partial charge in [-0.2, -0.15) is 0 Å². The van der Waals surface area contributed by atoms with E-state index in [-0.39, 0.29) is 29.4 Å². The van der Waals surface area contributed by atoms with Crippen molar-refractivity contribution in [1.29, 1.82) is 0 Å². The maximum Gasteiger partial charge on any atom is 0.296 e. The predicted octanol–water partition coefficient (Wildman–Crippen LogP) is 4.01. The molecular formula is C25H23NO7. The number of ether oxygens (including phenoxy) is 2. The number of carbonyl (C=O) groups excluding carboxylic acids is 2. The first-order valence-corrected chi connectivity index (χ1v) is 10.4. The number of phenolic OH excluding ortho intramolecular Hbond substituents is 1. The molecule has 1 fully saturated rings. The van der Waals surface area contributed by atoms with Crippen LogP contribution >= 0.6 is 0 Å². The van der Waals surface area contributed by atoms with E-state index in [1.165, 1.54) is 24.3 Å². The Morgan fingerprint density at radius 3 is 2.52 bits per heavy atom. The van der Waals surface area contributed by atoms with Crippen molar-refractivity contribution >= 4 is 17.4 Å². The van der Waals surface area contributed by atoms with Gasteiger partial charge >= 0.3 is 0 Å². The highest BCUT2D eigenvalue weighted by Crippen LogP contribution is 2.42. The van der Waals surface area contributed by atoms with Gasteiger partial charge in [-0.15, -0.1) is 0 Å².